The van der Waals surface area contributed by atoms with Crippen molar-refractivity contribution >= 4 is 23.5 Å². The molecule has 0 bridgehead atoms. The van der Waals surface area contributed by atoms with E-state index in [1.807, 2.05) is 11.4 Å². The summed E-state index contributed by atoms with van der Waals surface area (Å²) in [6, 6.07) is 0. The summed E-state index contributed by atoms with van der Waals surface area (Å²) in [4.78, 5) is 0. The summed E-state index contributed by atoms with van der Waals surface area (Å²) in [7, 11) is 10.6. The van der Waals surface area contributed by atoms with Crippen LogP contribution in [0, 0.1) is 0 Å². The zero-order valence-electron chi connectivity index (χ0n) is 2.65. The van der Waals surface area contributed by atoms with E-state index in [0.29, 0.717) is 0 Å². The Morgan fingerprint density at radius 2 is 1.80 bits per heavy atom. The Balaban J connectivity index is 3.14. The Morgan fingerprint density at radius 3 is 1.80 bits per heavy atom. The van der Waals surface area contributed by atoms with Gasteiger partial charge in [0.1, 0.15) is 0 Å². The topological polar surface area (TPSA) is 0 Å². The van der Waals surface area contributed by atoms with E-state index < -0.39 is 14.3 Å². The van der Waals surface area contributed by atoms with Gasteiger partial charge in [0, 0.05) is 0 Å². The third-order valence-electron chi connectivity index (χ3n) is 0.138. The Bertz CT molecular complexity index is 45.6. The summed E-state index contributed by atoms with van der Waals surface area (Å²) in [5, 5.41) is 0. The van der Waals surface area contributed by atoms with E-state index in [4.69, 9.17) is 19.1 Å². The van der Waals surface area contributed by atoms with Gasteiger partial charge in [-0.2, -0.15) is 0 Å². The molecule has 0 aromatic rings. The first-order valence-electron chi connectivity index (χ1n) is 0.999. The van der Waals surface area contributed by atoms with E-state index in [-0.39, 0.29) is 0 Å². The van der Waals surface area contributed by atoms with Gasteiger partial charge in [-0.1, -0.05) is 0 Å². The summed E-state index contributed by atoms with van der Waals surface area (Å²) < 4.78 is 1.81. The van der Waals surface area contributed by atoms with Gasteiger partial charge in [-0.05, 0) is 0 Å². The van der Waals surface area contributed by atoms with Gasteiger partial charge < -0.3 is 0 Å². The minimum absolute atomic E-state index is 1.16. The third-order valence-corrected chi connectivity index (χ3v) is 2.45. The fraction of sp³-hybridized carbons (Fsp3) is 0.500. The monoisotopic (exact) mass is 204 g/mol. The zero-order valence-corrected chi connectivity index (χ0v) is 5.72. The summed E-state index contributed by atoms with van der Waals surface area (Å²) in [5.74, 6) is 0. The van der Waals surface area contributed by atoms with Gasteiger partial charge in [0.15, 0.2) is 0 Å². The van der Waals surface area contributed by atoms with Crippen molar-refractivity contribution in [2.75, 3.05) is 0 Å². The molecule has 3 heteroatoms. The van der Waals surface area contributed by atoms with Gasteiger partial charge in [0.25, 0.3) is 0 Å². The molecule has 0 aliphatic rings. The Labute approximate surface area is 44.8 Å². The van der Waals surface area contributed by atoms with E-state index in [1.54, 1.807) is 0 Å². The second kappa shape index (κ2) is 3.31. The predicted molar refractivity (Wildman–Crippen MR) is 23.4 cm³/mol. The van der Waals surface area contributed by atoms with E-state index in [0.717, 1.165) is 0 Å². The van der Waals surface area contributed by atoms with Crippen LogP contribution in [0.4, 0.5) is 0 Å². The molecule has 0 saturated heterocycles. The number of hydrogen-bond acceptors (Lipinski definition) is 0. The van der Waals surface area contributed by atoms with Crippen LogP contribution < -0.4 is 0 Å². The van der Waals surface area contributed by atoms with Crippen molar-refractivity contribution in [3.05, 3.63) is 0 Å². The van der Waals surface area contributed by atoms with E-state index >= 15 is 0 Å². The van der Waals surface area contributed by atoms with Gasteiger partial charge in [-0.3, -0.25) is 0 Å². The van der Waals surface area contributed by atoms with Crippen molar-refractivity contribution in [1.82, 2.24) is 0 Å². The van der Waals surface area contributed by atoms with Crippen molar-refractivity contribution in [3.8, 4) is 0 Å². The minimum atomic E-state index is -1.16. The fourth-order valence-corrected chi connectivity index (χ4v) is 0. The molecule has 0 N–H and O–H groups in total. The van der Waals surface area contributed by atoms with Gasteiger partial charge in [-0.25, -0.2) is 0 Å². The van der Waals surface area contributed by atoms with Crippen molar-refractivity contribution in [2.24, 2.45) is 0 Å². The van der Waals surface area contributed by atoms with Gasteiger partial charge >= 0.3 is 44.7 Å². The number of halogens is 2. The predicted octanol–water partition coefficient (Wildman–Crippen LogP) is 1.73. The molecule has 0 radical (unpaired) electrons. The van der Waals surface area contributed by atoms with Crippen LogP contribution in [0.25, 0.3) is 0 Å². The van der Waals surface area contributed by atoms with Crippen molar-refractivity contribution in [1.29, 1.82) is 0 Å². The second-order valence-corrected chi connectivity index (χ2v) is 5.93. The molecule has 0 saturated carbocycles. The molecule has 0 heterocycles. The van der Waals surface area contributed by atoms with E-state index in [1.165, 1.54) is 0 Å². The molecule has 0 fully saturated rings. The quantitative estimate of drug-likeness (QED) is 0.528. The van der Waals surface area contributed by atoms with Crippen molar-refractivity contribution < 1.29 is 14.3 Å². The molecule has 36 valence electrons. The van der Waals surface area contributed by atoms with E-state index in [2.05, 4.69) is 0 Å². The average Bonchev–Trinajstić information content (AvgIpc) is 1.38. The maximum atomic E-state index is 5.29. The van der Waals surface area contributed by atoms with Crippen LogP contribution >= 0.6 is 19.1 Å². The van der Waals surface area contributed by atoms with Crippen LogP contribution in [0.2, 0.25) is 0 Å². The van der Waals surface area contributed by atoms with Crippen LogP contribution in [-0.4, -0.2) is 4.49 Å². The Kier molecular flexibility index (Phi) is 4.04. The molecule has 0 atom stereocenters. The zero-order chi connectivity index (χ0) is 4.28. The van der Waals surface area contributed by atoms with Gasteiger partial charge in [0.05, 0.1) is 0 Å². The molecule has 5 heavy (non-hydrogen) atoms. The SMILES string of the molecule is C[CH]=[Pd]([Cl])[Cl]. The molecule has 0 rings (SSSR count). The summed E-state index contributed by atoms with van der Waals surface area (Å²) in [6.07, 6.45) is 0. The van der Waals surface area contributed by atoms with Crippen molar-refractivity contribution in [3.63, 3.8) is 0 Å². The first-order chi connectivity index (χ1) is 2.27. The first kappa shape index (κ1) is 6.11. The molecule has 0 aromatic carbocycles. The molecular formula is C2H4Cl2Pd. The molecule has 0 aliphatic carbocycles. The standard InChI is InChI=1S/C2H4.2ClH.Pd/c1-2;;;/h1H,2H3;2*1H;/q;;;+2/p-2. The van der Waals surface area contributed by atoms with Crippen LogP contribution in [0.1, 0.15) is 6.92 Å². The normalized spacial score (nSPS) is 10.6. The molecule has 0 spiro atoms. The molecular weight excluding hydrogens is 201 g/mol. The molecule has 0 aliphatic heterocycles. The molecule has 0 nitrogen and oxygen atoms in total. The van der Waals surface area contributed by atoms with Crippen LogP contribution in [0.15, 0.2) is 0 Å². The Morgan fingerprint density at radius 1 is 1.60 bits per heavy atom. The van der Waals surface area contributed by atoms with E-state index in [9.17, 15) is 0 Å². The summed E-state index contributed by atoms with van der Waals surface area (Å²) in [5.41, 5.74) is 0. The molecule has 0 aromatic heterocycles. The number of rotatable bonds is 0. The second-order valence-electron chi connectivity index (χ2n) is 0.366. The van der Waals surface area contributed by atoms with Crippen LogP contribution in [0.5, 0.6) is 0 Å². The summed E-state index contributed by atoms with van der Waals surface area (Å²) >= 11 is -1.16. The third kappa shape index (κ3) is 5.11. The molecule has 0 unspecified atom stereocenters. The average molecular weight is 205 g/mol. The van der Waals surface area contributed by atoms with Gasteiger partial charge in [0.2, 0.25) is 0 Å². The summed E-state index contributed by atoms with van der Waals surface area (Å²) in [6.45, 7) is 1.86. The van der Waals surface area contributed by atoms with Gasteiger partial charge in [-0.15, -0.1) is 0 Å². The Hall–Kier alpha value is 1.11. The first-order valence-corrected chi connectivity index (χ1v) is 5.90. The fourth-order valence-electron chi connectivity index (χ4n) is 0. The number of hydrogen-bond donors (Lipinski definition) is 0. The van der Waals surface area contributed by atoms with Crippen LogP contribution in [-0.2, 0) is 14.3 Å². The maximum absolute atomic E-state index is 5.29. The molecule has 0 amide bonds. The van der Waals surface area contributed by atoms with Crippen LogP contribution in [0.3, 0.4) is 0 Å². The van der Waals surface area contributed by atoms with Crippen molar-refractivity contribution in [2.45, 2.75) is 6.92 Å².